The van der Waals surface area contributed by atoms with Crippen molar-refractivity contribution in [3.05, 3.63) is 17.2 Å². The molecule has 1 saturated heterocycles. The van der Waals surface area contributed by atoms with Crippen LogP contribution in [0.25, 0.3) is 0 Å². The molecule has 0 unspecified atom stereocenters. The lowest BCUT2D eigenvalue weighted by Gasteiger charge is -2.57. The number of hydrogen-bond acceptors (Lipinski definition) is 8. The average Bonchev–Trinajstić information content (AvgIpc) is 3.17. The highest BCUT2D eigenvalue weighted by Crippen LogP contribution is 2.64. The summed E-state index contributed by atoms with van der Waals surface area (Å²) in [7, 11) is 5.30. The van der Waals surface area contributed by atoms with Crippen LogP contribution in [0.15, 0.2) is 6.07 Å². The molecular formula is C27H37N3O7. The highest BCUT2D eigenvalue weighted by Gasteiger charge is 2.66. The highest BCUT2D eigenvalue weighted by atomic mass is 16.6. The molecule has 2 aliphatic carbocycles. The molecule has 5 rings (SSSR count). The number of carbonyl (C=O) groups is 3. The molecule has 1 aromatic carbocycles. The van der Waals surface area contributed by atoms with Gasteiger partial charge < -0.3 is 34.1 Å². The van der Waals surface area contributed by atoms with E-state index in [9.17, 15) is 14.4 Å². The molecule has 2 bridgehead atoms. The van der Waals surface area contributed by atoms with E-state index in [1.165, 1.54) is 4.90 Å². The third-order valence-corrected chi connectivity index (χ3v) is 8.30. The Hall–Kier alpha value is -3.01. The maximum absolute atomic E-state index is 13.1. The number of methoxy groups -OCH3 is 1. The molecule has 1 N–H and O–H groups in total. The summed E-state index contributed by atoms with van der Waals surface area (Å²) < 4.78 is 23.2. The standard InChI is InChI=1S/C27H37N3O7/c1-26(2,3)37-24(32)28-10-12-30(5)25(33)35-19-14-20(34-6)22-21-15(19)13-17-16-7-8-18(31)23(36-22)27(16,21)9-11-29(17)4/h14,16-17,23H,7-13H2,1-6H3,(H,28,32)/t16-,17+,23-,27-/m0/s1. The Balaban J connectivity index is 1.40. The van der Waals surface area contributed by atoms with E-state index in [-0.39, 0.29) is 24.9 Å². The molecule has 0 aromatic heterocycles. The number of likely N-dealkylation sites (tertiary alicyclic amines) is 1. The molecule has 10 heteroatoms. The minimum Gasteiger partial charge on any atom is -0.493 e. The van der Waals surface area contributed by atoms with E-state index >= 15 is 0 Å². The number of carbonyl (C=O) groups excluding carboxylic acids is 3. The monoisotopic (exact) mass is 515 g/mol. The van der Waals surface area contributed by atoms with Crippen LogP contribution in [0.5, 0.6) is 17.2 Å². The van der Waals surface area contributed by atoms with Gasteiger partial charge in [-0.15, -0.1) is 0 Å². The summed E-state index contributed by atoms with van der Waals surface area (Å²) in [5.41, 5.74) is 0.916. The molecule has 4 aliphatic rings. The Kier molecular flexibility index (Phi) is 6.29. The van der Waals surface area contributed by atoms with Gasteiger partial charge in [0.25, 0.3) is 0 Å². The third-order valence-electron chi connectivity index (χ3n) is 8.30. The lowest BCUT2D eigenvalue weighted by Crippen LogP contribution is -2.65. The van der Waals surface area contributed by atoms with Crippen LogP contribution in [-0.2, 0) is 21.4 Å². The number of benzene rings is 1. The molecule has 2 amide bonds. The Morgan fingerprint density at radius 2 is 2.05 bits per heavy atom. The number of alkyl carbamates (subject to hydrolysis) is 1. The summed E-state index contributed by atoms with van der Waals surface area (Å²) in [6.45, 7) is 6.71. The molecule has 202 valence electrons. The van der Waals surface area contributed by atoms with Crippen molar-refractivity contribution in [2.24, 2.45) is 5.92 Å². The Labute approximate surface area is 217 Å². The van der Waals surface area contributed by atoms with Gasteiger partial charge >= 0.3 is 12.2 Å². The van der Waals surface area contributed by atoms with E-state index < -0.39 is 29.3 Å². The molecule has 2 fully saturated rings. The first-order chi connectivity index (χ1) is 17.5. The minimum atomic E-state index is -0.598. The fraction of sp³-hybridized carbons (Fsp3) is 0.667. The molecule has 10 nitrogen and oxygen atoms in total. The molecule has 4 atom stereocenters. The number of nitrogens with zero attached hydrogens (tertiary/aromatic N) is 2. The van der Waals surface area contributed by atoms with E-state index in [2.05, 4.69) is 17.3 Å². The zero-order valence-electron chi connectivity index (χ0n) is 22.5. The van der Waals surface area contributed by atoms with Gasteiger partial charge in [0.05, 0.1) is 7.11 Å². The van der Waals surface area contributed by atoms with Gasteiger partial charge in [0.2, 0.25) is 0 Å². The third kappa shape index (κ3) is 4.19. The van der Waals surface area contributed by atoms with Crippen LogP contribution in [0.3, 0.4) is 0 Å². The van der Waals surface area contributed by atoms with Gasteiger partial charge in [0, 0.05) is 55.2 Å². The van der Waals surface area contributed by atoms with Gasteiger partial charge in [-0.2, -0.15) is 0 Å². The maximum atomic E-state index is 13.1. The summed E-state index contributed by atoms with van der Waals surface area (Å²) in [5, 5.41) is 2.65. The predicted octanol–water partition coefficient (Wildman–Crippen LogP) is 2.89. The van der Waals surface area contributed by atoms with Crippen molar-refractivity contribution in [1.82, 2.24) is 15.1 Å². The van der Waals surface area contributed by atoms with Crippen LogP contribution in [0, 0.1) is 5.92 Å². The number of hydrogen-bond donors (Lipinski definition) is 1. The summed E-state index contributed by atoms with van der Waals surface area (Å²) in [6, 6.07) is 1.95. The smallest absolute Gasteiger partial charge is 0.415 e. The summed E-state index contributed by atoms with van der Waals surface area (Å²) in [4.78, 5) is 41.8. The van der Waals surface area contributed by atoms with Crippen molar-refractivity contribution in [3.63, 3.8) is 0 Å². The number of ether oxygens (including phenoxy) is 4. The minimum absolute atomic E-state index is 0.140. The number of rotatable bonds is 5. The van der Waals surface area contributed by atoms with Gasteiger partial charge in [-0.3, -0.25) is 4.79 Å². The van der Waals surface area contributed by atoms with Crippen LogP contribution in [0.4, 0.5) is 9.59 Å². The lowest BCUT2D eigenvalue weighted by atomic mass is 9.51. The van der Waals surface area contributed by atoms with Crippen LogP contribution >= 0.6 is 0 Å². The zero-order valence-corrected chi connectivity index (χ0v) is 22.5. The van der Waals surface area contributed by atoms with Gasteiger partial charge in [-0.1, -0.05) is 0 Å². The van der Waals surface area contributed by atoms with E-state index in [4.69, 9.17) is 18.9 Å². The Morgan fingerprint density at radius 1 is 1.30 bits per heavy atom. The molecular weight excluding hydrogens is 478 g/mol. The molecule has 2 heterocycles. The van der Waals surface area contributed by atoms with Crippen molar-refractivity contribution >= 4 is 18.0 Å². The SMILES string of the molecule is COc1cc(OC(=O)N(C)CCNC(=O)OC(C)(C)C)c2c3c1O[C@H]1C(=O)CC[C@H]4[C@@H](C2)N(C)CC[C@]314. The number of nitrogens with one attached hydrogen (secondary N) is 1. The van der Waals surface area contributed by atoms with E-state index in [0.29, 0.717) is 36.0 Å². The van der Waals surface area contributed by atoms with Gasteiger partial charge in [0.1, 0.15) is 11.4 Å². The first kappa shape index (κ1) is 25.6. The molecule has 1 spiro atoms. The van der Waals surface area contributed by atoms with Gasteiger partial charge in [-0.05, 0) is 59.5 Å². The quantitative estimate of drug-likeness (QED) is 0.638. The van der Waals surface area contributed by atoms with Gasteiger partial charge in [-0.25, -0.2) is 9.59 Å². The number of amides is 2. The van der Waals surface area contributed by atoms with E-state index in [1.807, 2.05) is 0 Å². The highest BCUT2D eigenvalue weighted by molar-refractivity contribution is 5.89. The van der Waals surface area contributed by atoms with Crippen LogP contribution < -0.4 is 19.5 Å². The first-order valence-electron chi connectivity index (χ1n) is 13.0. The topological polar surface area (TPSA) is 107 Å². The Morgan fingerprint density at radius 3 is 2.76 bits per heavy atom. The molecule has 1 aromatic rings. The van der Waals surface area contributed by atoms with Crippen molar-refractivity contribution in [1.29, 1.82) is 0 Å². The van der Waals surface area contributed by atoms with E-state index in [1.54, 1.807) is 41.0 Å². The molecule has 1 saturated carbocycles. The van der Waals surface area contributed by atoms with Crippen molar-refractivity contribution in [2.45, 2.75) is 69.6 Å². The summed E-state index contributed by atoms with van der Waals surface area (Å²) in [5.74, 6) is 1.98. The number of Topliss-reactive ketones (excluding diaryl/α,β-unsaturated/α-hetero) is 1. The average molecular weight is 516 g/mol. The second-order valence-electron chi connectivity index (χ2n) is 11.6. The van der Waals surface area contributed by atoms with Gasteiger partial charge in [0.15, 0.2) is 23.4 Å². The molecule has 2 aliphatic heterocycles. The second-order valence-corrected chi connectivity index (χ2v) is 11.6. The van der Waals surface area contributed by atoms with E-state index in [0.717, 1.165) is 30.5 Å². The number of likely N-dealkylation sites (N-methyl/N-ethyl adjacent to an activating group) is 2. The maximum Gasteiger partial charge on any atom is 0.415 e. The number of ketones is 1. The zero-order chi connectivity index (χ0) is 26.7. The first-order valence-corrected chi connectivity index (χ1v) is 13.0. The summed E-state index contributed by atoms with van der Waals surface area (Å²) >= 11 is 0. The molecule has 0 radical (unpaired) electrons. The fourth-order valence-electron chi connectivity index (χ4n) is 6.71. The summed E-state index contributed by atoms with van der Waals surface area (Å²) in [6.07, 6.45) is 1.30. The fourth-order valence-corrected chi connectivity index (χ4v) is 6.71. The predicted molar refractivity (Wildman–Crippen MR) is 134 cm³/mol. The van der Waals surface area contributed by atoms with Crippen LogP contribution in [-0.4, -0.2) is 86.4 Å². The number of piperidine rings is 1. The Bertz CT molecular complexity index is 1130. The molecule has 37 heavy (non-hydrogen) atoms. The van der Waals surface area contributed by atoms with Crippen LogP contribution in [0.1, 0.15) is 51.2 Å². The normalized spacial score (nSPS) is 27.6. The second kappa shape index (κ2) is 9.08. The van der Waals surface area contributed by atoms with Crippen molar-refractivity contribution < 1.29 is 33.3 Å². The van der Waals surface area contributed by atoms with Crippen molar-refractivity contribution in [2.75, 3.05) is 40.8 Å². The lowest BCUT2D eigenvalue weighted by molar-refractivity contribution is -0.138. The van der Waals surface area contributed by atoms with Crippen molar-refractivity contribution in [3.8, 4) is 17.2 Å². The van der Waals surface area contributed by atoms with Crippen LogP contribution in [0.2, 0.25) is 0 Å². The largest absolute Gasteiger partial charge is 0.493 e.